The van der Waals surface area contributed by atoms with Crippen LogP contribution in [0.15, 0.2) is 12.2 Å². The Balaban J connectivity index is 2.10. The molecule has 0 saturated heterocycles. The van der Waals surface area contributed by atoms with Crippen LogP contribution in [0.5, 0.6) is 0 Å². The Labute approximate surface area is 92.5 Å². The van der Waals surface area contributed by atoms with Gasteiger partial charge in [-0.15, -0.1) is 0 Å². The normalized spacial score (nSPS) is 20.6. The Morgan fingerprint density at radius 1 is 1.47 bits per heavy atom. The SMILES string of the molecule is CN(C)CCCNC(=O)C1CC=CCC1. The predicted octanol–water partition coefficient (Wildman–Crippen LogP) is 1.41. The van der Waals surface area contributed by atoms with Crippen LogP contribution in [-0.2, 0) is 4.79 Å². The van der Waals surface area contributed by atoms with E-state index in [0.717, 1.165) is 38.8 Å². The van der Waals surface area contributed by atoms with E-state index < -0.39 is 0 Å². The van der Waals surface area contributed by atoms with Crippen LogP contribution in [0, 0.1) is 5.92 Å². The molecule has 1 atom stereocenters. The molecule has 0 bridgehead atoms. The van der Waals surface area contributed by atoms with Gasteiger partial charge in [-0.25, -0.2) is 0 Å². The smallest absolute Gasteiger partial charge is 0.223 e. The van der Waals surface area contributed by atoms with Gasteiger partial charge in [0.05, 0.1) is 0 Å². The lowest BCUT2D eigenvalue weighted by molar-refractivity contribution is -0.125. The zero-order valence-corrected chi connectivity index (χ0v) is 9.83. The minimum atomic E-state index is 0.217. The standard InChI is InChI=1S/C12H22N2O/c1-14(2)10-6-9-13-12(15)11-7-4-3-5-8-11/h3-4,11H,5-10H2,1-2H3,(H,13,15). The number of allylic oxidation sites excluding steroid dienone is 2. The first-order valence-electron chi connectivity index (χ1n) is 5.77. The maximum Gasteiger partial charge on any atom is 0.223 e. The van der Waals surface area contributed by atoms with E-state index in [-0.39, 0.29) is 11.8 Å². The van der Waals surface area contributed by atoms with Crippen molar-refractivity contribution in [2.24, 2.45) is 5.92 Å². The fourth-order valence-electron chi connectivity index (χ4n) is 1.78. The van der Waals surface area contributed by atoms with Crippen molar-refractivity contribution in [3.8, 4) is 0 Å². The Kier molecular flexibility index (Phi) is 5.40. The highest BCUT2D eigenvalue weighted by molar-refractivity contribution is 5.78. The van der Waals surface area contributed by atoms with Gasteiger partial charge in [0.15, 0.2) is 0 Å². The van der Waals surface area contributed by atoms with Gasteiger partial charge in [-0.2, -0.15) is 0 Å². The summed E-state index contributed by atoms with van der Waals surface area (Å²) in [6.07, 6.45) is 8.29. The molecule has 0 heterocycles. The molecule has 1 aliphatic rings. The summed E-state index contributed by atoms with van der Waals surface area (Å²) in [5.74, 6) is 0.451. The monoisotopic (exact) mass is 210 g/mol. The molecule has 0 aliphatic heterocycles. The molecule has 3 nitrogen and oxygen atoms in total. The van der Waals surface area contributed by atoms with E-state index in [4.69, 9.17) is 0 Å². The van der Waals surface area contributed by atoms with E-state index in [1.54, 1.807) is 0 Å². The molecule has 0 fully saturated rings. The second kappa shape index (κ2) is 6.62. The Bertz CT molecular complexity index is 224. The second-order valence-electron chi connectivity index (χ2n) is 4.43. The van der Waals surface area contributed by atoms with Gasteiger partial charge in [-0.3, -0.25) is 4.79 Å². The third kappa shape index (κ3) is 4.98. The highest BCUT2D eigenvalue weighted by Crippen LogP contribution is 2.17. The maximum absolute atomic E-state index is 11.7. The van der Waals surface area contributed by atoms with Crippen molar-refractivity contribution in [2.45, 2.75) is 25.7 Å². The lowest BCUT2D eigenvalue weighted by Gasteiger charge is -2.17. The minimum absolute atomic E-state index is 0.217. The van der Waals surface area contributed by atoms with Crippen LogP contribution < -0.4 is 5.32 Å². The molecule has 1 unspecified atom stereocenters. The summed E-state index contributed by atoms with van der Waals surface area (Å²) in [7, 11) is 4.10. The summed E-state index contributed by atoms with van der Waals surface area (Å²) in [5.41, 5.74) is 0. The summed E-state index contributed by atoms with van der Waals surface area (Å²) in [5, 5.41) is 3.01. The number of nitrogens with zero attached hydrogens (tertiary/aromatic N) is 1. The lowest BCUT2D eigenvalue weighted by Crippen LogP contribution is -2.33. The van der Waals surface area contributed by atoms with Gasteiger partial charge in [-0.1, -0.05) is 12.2 Å². The molecule has 0 aromatic rings. The van der Waals surface area contributed by atoms with Crippen LogP contribution in [0.4, 0.5) is 0 Å². The minimum Gasteiger partial charge on any atom is -0.356 e. The third-order valence-corrected chi connectivity index (χ3v) is 2.72. The molecule has 1 N–H and O–H groups in total. The second-order valence-corrected chi connectivity index (χ2v) is 4.43. The zero-order valence-electron chi connectivity index (χ0n) is 9.83. The van der Waals surface area contributed by atoms with Crippen molar-refractivity contribution < 1.29 is 4.79 Å². The Morgan fingerprint density at radius 2 is 2.27 bits per heavy atom. The molecule has 15 heavy (non-hydrogen) atoms. The number of hydrogen-bond donors (Lipinski definition) is 1. The zero-order chi connectivity index (χ0) is 11.1. The molecule has 0 spiro atoms. The van der Waals surface area contributed by atoms with Gasteiger partial charge in [0.25, 0.3) is 0 Å². The van der Waals surface area contributed by atoms with Gasteiger partial charge in [0.2, 0.25) is 5.91 Å². The van der Waals surface area contributed by atoms with E-state index in [0.29, 0.717) is 0 Å². The molecule has 0 saturated carbocycles. The molecule has 0 aromatic carbocycles. The summed E-state index contributed by atoms with van der Waals surface area (Å²) in [6, 6.07) is 0. The number of hydrogen-bond acceptors (Lipinski definition) is 2. The molecule has 3 heteroatoms. The fourth-order valence-corrected chi connectivity index (χ4v) is 1.78. The van der Waals surface area contributed by atoms with Gasteiger partial charge in [0.1, 0.15) is 0 Å². The summed E-state index contributed by atoms with van der Waals surface area (Å²) in [4.78, 5) is 13.8. The van der Waals surface area contributed by atoms with E-state index in [1.165, 1.54) is 0 Å². The van der Waals surface area contributed by atoms with Crippen molar-refractivity contribution in [3.63, 3.8) is 0 Å². The van der Waals surface area contributed by atoms with Crippen LogP contribution in [0.3, 0.4) is 0 Å². The highest BCUT2D eigenvalue weighted by Gasteiger charge is 2.17. The number of rotatable bonds is 5. The first-order valence-corrected chi connectivity index (χ1v) is 5.77. The van der Waals surface area contributed by atoms with Gasteiger partial charge in [0, 0.05) is 12.5 Å². The van der Waals surface area contributed by atoms with E-state index in [2.05, 4.69) is 22.4 Å². The molecule has 1 amide bonds. The first-order chi connectivity index (χ1) is 7.20. The Hall–Kier alpha value is -0.830. The topological polar surface area (TPSA) is 32.3 Å². The molecular weight excluding hydrogens is 188 g/mol. The number of nitrogens with one attached hydrogen (secondary N) is 1. The van der Waals surface area contributed by atoms with E-state index in [9.17, 15) is 4.79 Å². The quantitative estimate of drug-likeness (QED) is 0.549. The van der Waals surface area contributed by atoms with Crippen molar-refractivity contribution in [3.05, 3.63) is 12.2 Å². The van der Waals surface area contributed by atoms with Crippen LogP contribution >= 0.6 is 0 Å². The predicted molar refractivity (Wildman–Crippen MR) is 62.7 cm³/mol. The largest absolute Gasteiger partial charge is 0.356 e. The molecule has 0 aromatic heterocycles. The van der Waals surface area contributed by atoms with Crippen LogP contribution in [0.25, 0.3) is 0 Å². The van der Waals surface area contributed by atoms with Crippen molar-refractivity contribution in [1.82, 2.24) is 10.2 Å². The van der Waals surface area contributed by atoms with Crippen LogP contribution in [0.1, 0.15) is 25.7 Å². The number of carbonyl (C=O) groups is 1. The number of amides is 1. The molecule has 1 aliphatic carbocycles. The van der Waals surface area contributed by atoms with Gasteiger partial charge in [-0.05, 0) is 46.3 Å². The van der Waals surface area contributed by atoms with Crippen molar-refractivity contribution in [1.29, 1.82) is 0 Å². The van der Waals surface area contributed by atoms with Crippen molar-refractivity contribution in [2.75, 3.05) is 27.2 Å². The first kappa shape index (κ1) is 12.2. The molecule has 0 radical (unpaired) electrons. The van der Waals surface area contributed by atoms with Crippen molar-refractivity contribution >= 4 is 5.91 Å². The molecular formula is C12H22N2O. The highest BCUT2D eigenvalue weighted by atomic mass is 16.1. The van der Waals surface area contributed by atoms with Gasteiger partial charge >= 0.3 is 0 Å². The van der Waals surface area contributed by atoms with Gasteiger partial charge < -0.3 is 10.2 Å². The van der Waals surface area contributed by atoms with E-state index in [1.807, 2.05) is 14.1 Å². The van der Waals surface area contributed by atoms with Crippen LogP contribution in [0.2, 0.25) is 0 Å². The van der Waals surface area contributed by atoms with E-state index >= 15 is 0 Å². The Morgan fingerprint density at radius 3 is 2.87 bits per heavy atom. The summed E-state index contributed by atoms with van der Waals surface area (Å²) >= 11 is 0. The fraction of sp³-hybridized carbons (Fsp3) is 0.750. The average molecular weight is 210 g/mol. The number of carbonyl (C=O) groups excluding carboxylic acids is 1. The lowest BCUT2D eigenvalue weighted by atomic mass is 9.94. The summed E-state index contributed by atoms with van der Waals surface area (Å²) < 4.78 is 0. The van der Waals surface area contributed by atoms with Crippen LogP contribution in [-0.4, -0.2) is 38.0 Å². The molecule has 1 rings (SSSR count). The summed E-state index contributed by atoms with van der Waals surface area (Å²) in [6.45, 7) is 1.84. The average Bonchev–Trinajstić information content (AvgIpc) is 2.25. The third-order valence-electron chi connectivity index (χ3n) is 2.72. The molecule has 86 valence electrons. The maximum atomic E-state index is 11.7.